The predicted octanol–water partition coefficient (Wildman–Crippen LogP) is 1.33. The van der Waals surface area contributed by atoms with Gasteiger partial charge >= 0.3 is 5.97 Å². The fourth-order valence-electron chi connectivity index (χ4n) is 2.40. The first-order valence-electron chi connectivity index (χ1n) is 6.89. The number of fused-ring (bicyclic) bond motifs is 1. The molecular formula is C14H12ClN3O5S. The van der Waals surface area contributed by atoms with Crippen molar-refractivity contribution in [3.05, 3.63) is 50.7 Å². The predicted molar refractivity (Wildman–Crippen MR) is 86.8 cm³/mol. The SMILES string of the molecule is NC1C(=O)N2C(C(=O)OCc3ccc([N+](=O)[O-])cc3)=C(Cl)CS[C@@H]12. The maximum atomic E-state index is 12.3. The van der Waals surface area contributed by atoms with Crippen molar-refractivity contribution in [2.75, 3.05) is 5.75 Å². The minimum atomic E-state index is -0.719. The molecule has 0 spiro atoms. The number of β-lactam (4-membered cyclic amide) rings is 1. The highest BCUT2D eigenvalue weighted by atomic mass is 35.5. The smallest absolute Gasteiger partial charge is 0.356 e. The number of esters is 1. The Hall–Kier alpha value is -2.10. The van der Waals surface area contributed by atoms with Crippen LogP contribution in [0.5, 0.6) is 0 Å². The van der Waals surface area contributed by atoms with Crippen LogP contribution in [0, 0.1) is 10.1 Å². The average molecular weight is 370 g/mol. The highest BCUT2D eigenvalue weighted by molar-refractivity contribution is 8.00. The molecule has 126 valence electrons. The van der Waals surface area contributed by atoms with Crippen LogP contribution in [0.1, 0.15) is 5.56 Å². The van der Waals surface area contributed by atoms with Crippen LogP contribution >= 0.6 is 23.4 Å². The van der Waals surface area contributed by atoms with Crippen molar-refractivity contribution >= 4 is 40.9 Å². The molecule has 3 rings (SSSR count). The molecule has 2 aliphatic heterocycles. The van der Waals surface area contributed by atoms with Crippen molar-refractivity contribution in [2.24, 2.45) is 5.73 Å². The van der Waals surface area contributed by atoms with Gasteiger partial charge in [-0.3, -0.25) is 19.8 Å². The molecule has 10 heteroatoms. The number of halogens is 1. The monoisotopic (exact) mass is 369 g/mol. The number of rotatable bonds is 4. The summed E-state index contributed by atoms with van der Waals surface area (Å²) in [5.41, 5.74) is 6.26. The Morgan fingerprint density at radius 3 is 2.75 bits per heavy atom. The van der Waals surface area contributed by atoms with E-state index in [1.807, 2.05) is 0 Å². The minimum Gasteiger partial charge on any atom is -0.456 e. The van der Waals surface area contributed by atoms with Crippen LogP contribution in [0.15, 0.2) is 35.0 Å². The molecule has 0 radical (unpaired) electrons. The van der Waals surface area contributed by atoms with Crippen molar-refractivity contribution in [3.63, 3.8) is 0 Å². The van der Waals surface area contributed by atoms with Crippen molar-refractivity contribution in [2.45, 2.75) is 18.0 Å². The van der Waals surface area contributed by atoms with Gasteiger partial charge < -0.3 is 10.5 Å². The van der Waals surface area contributed by atoms with Crippen LogP contribution < -0.4 is 5.73 Å². The Balaban J connectivity index is 1.68. The van der Waals surface area contributed by atoms with E-state index in [2.05, 4.69) is 0 Å². The number of nitrogens with two attached hydrogens (primary N) is 1. The number of amides is 1. The topological polar surface area (TPSA) is 116 Å². The first kappa shape index (κ1) is 16.7. The van der Waals surface area contributed by atoms with E-state index in [9.17, 15) is 19.7 Å². The Labute approximate surface area is 145 Å². The molecule has 2 atom stereocenters. The van der Waals surface area contributed by atoms with E-state index in [1.54, 1.807) is 0 Å². The highest BCUT2D eigenvalue weighted by Crippen LogP contribution is 2.40. The Morgan fingerprint density at radius 2 is 2.12 bits per heavy atom. The third-order valence-corrected chi connectivity index (χ3v) is 5.45. The fourth-order valence-corrected chi connectivity index (χ4v) is 3.89. The lowest BCUT2D eigenvalue weighted by molar-refractivity contribution is -0.384. The number of carbonyl (C=O) groups is 2. The van der Waals surface area contributed by atoms with Gasteiger partial charge in [0.2, 0.25) is 5.91 Å². The average Bonchev–Trinajstić information content (AvgIpc) is 2.59. The molecule has 1 saturated heterocycles. The summed E-state index contributed by atoms with van der Waals surface area (Å²) in [5.74, 6) is -0.706. The zero-order chi connectivity index (χ0) is 17.4. The molecular weight excluding hydrogens is 358 g/mol. The summed E-state index contributed by atoms with van der Waals surface area (Å²) in [4.78, 5) is 35.5. The highest BCUT2D eigenvalue weighted by Gasteiger charge is 2.52. The van der Waals surface area contributed by atoms with Crippen LogP contribution in [0.4, 0.5) is 5.69 Å². The molecule has 1 amide bonds. The van der Waals surface area contributed by atoms with Gasteiger partial charge in [0.1, 0.15) is 23.7 Å². The Kier molecular flexibility index (Phi) is 4.48. The van der Waals surface area contributed by atoms with Gasteiger partial charge in [-0.1, -0.05) is 11.6 Å². The summed E-state index contributed by atoms with van der Waals surface area (Å²) in [6.45, 7) is -0.0869. The fraction of sp³-hybridized carbons (Fsp3) is 0.286. The number of nitro benzene ring substituents is 1. The van der Waals surface area contributed by atoms with Gasteiger partial charge in [0, 0.05) is 17.9 Å². The van der Waals surface area contributed by atoms with Crippen LogP contribution in [0.2, 0.25) is 0 Å². The number of non-ortho nitro benzene ring substituents is 1. The van der Waals surface area contributed by atoms with Crippen molar-refractivity contribution in [1.29, 1.82) is 0 Å². The van der Waals surface area contributed by atoms with E-state index >= 15 is 0 Å². The number of hydrogen-bond acceptors (Lipinski definition) is 7. The summed E-state index contributed by atoms with van der Waals surface area (Å²) in [6.07, 6.45) is 0. The number of ether oxygens (including phenoxy) is 1. The number of nitro groups is 1. The zero-order valence-electron chi connectivity index (χ0n) is 12.2. The number of hydrogen-bond donors (Lipinski definition) is 1. The maximum absolute atomic E-state index is 12.3. The van der Waals surface area contributed by atoms with E-state index in [1.165, 1.54) is 40.9 Å². The largest absolute Gasteiger partial charge is 0.456 e. The van der Waals surface area contributed by atoms with Crippen LogP contribution in [-0.2, 0) is 20.9 Å². The lowest BCUT2D eigenvalue weighted by Crippen LogP contribution is -2.68. The summed E-state index contributed by atoms with van der Waals surface area (Å²) in [6, 6.07) is 4.98. The van der Waals surface area contributed by atoms with Gasteiger partial charge in [-0.15, -0.1) is 11.8 Å². The molecule has 1 aromatic carbocycles. The van der Waals surface area contributed by atoms with Crippen molar-refractivity contribution in [3.8, 4) is 0 Å². The molecule has 24 heavy (non-hydrogen) atoms. The second kappa shape index (κ2) is 6.42. The minimum absolute atomic E-state index is 0.0222. The normalized spacial score (nSPS) is 22.8. The maximum Gasteiger partial charge on any atom is 0.356 e. The van der Waals surface area contributed by atoms with Gasteiger partial charge in [-0.2, -0.15) is 0 Å². The molecule has 2 aliphatic rings. The molecule has 0 aromatic heterocycles. The van der Waals surface area contributed by atoms with E-state index < -0.39 is 16.9 Å². The standard InChI is InChI=1S/C14H12ClN3O5S/c15-9-6-24-13-10(16)12(19)17(13)11(9)14(20)23-5-7-1-3-8(4-2-7)18(21)22/h1-4,10,13H,5-6,16H2/t10?,13-/m0/s1. The summed E-state index contributed by atoms with van der Waals surface area (Å²) < 4.78 is 5.18. The zero-order valence-corrected chi connectivity index (χ0v) is 13.7. The van der Waals surface area contributed by atoms with E-state index in [4.69, 9.17) is 22.1 Å². The van der Waals surface area contributed by atoms with Crippen LogP contribution in [-0.4, -0.2) is 38.9 Å². The third-order valence-electron chi connectivity index (χ3n) is 3.67. The summed E-state index contributed by atoms with van der Waals surface area (Å²) >= 11 is 7.46. The van der Waals surface area contributed by atoms with Crippen LogP contribution in [0.25, 0.3) is 0 Å². The Morgan fingerprint density at radius 1 is 1.46 bits per heavy atom. The van der Waals surface area contributed by atoms with Gasteiger partial charge in [0.25, 0.3) is 5.69 Å². The summed E-state index contributed by atoms with van der Waals surface area (Å²) in [5, 5.41) is 10.5. The molecule has 0 saturated carbocycles. The molecule has 1 unspecified atom stereocenters. The van der Waals surface area contributed by atoms with Gasteiger partial charge in [0.15, 0.2) is 0 Å². The molecule has 1 aromatic rings. The van der Waals surface area contributed by atoms with E-state index in [0.29, 0.717) is 11.3 Å². The quantitative estimate of drug-likeness (QED) is 0.368. The second-order valence-electron chi connectivity index (χ2n) is 5.19. The van der Waals surface area contributed by atoms with Gasteiger partial charge in [0.05, 0.1) is 9.96 Å². The first-order chi connectivity index (χ1) is 11.4. The lowest BCUT2D eigenvalue weighted by atomic mass is 10.1. The molecule has 8 nitrogen and oxygen atoms in total. The van der Waals surface area contributed by atoms with Gasteiger partial charge in [-0.05, 0) is 17.7 Å². The molecule has 1 fully saturated rings. The van der Waals surface area contributed by atoms with E-state index in [0.717, 1.165) is 0 Å². The molecule has 2 heterocycles. The molecule has 2 N–H and O–H groups in total. The first-order valence-corrected chi connectivity index (χ1v) is 8.32. The number of carbonyl (C=O) groups excluding carboxylic acids is 2. The molecule has 0 bridgehead atoms. The van der Waals surface area contributed by atoms with Gasteiger partial charge in [-0.25, -0.2) is 4.79 Å². The number of nitrogens with zero attached hydrogens (tertiary/aromatic N) is 2. The van der Waals surface area contributed by atoms with Crippen LogP contribution in [0.3, 0.4) is 0 Å². The summed E-state index contributed by atoms with van der Waals surface area (Å²) in [7, 11) is 0. The number of benzene rings is 1. The van der Waals surface area contributed by atoms with E-state index in [-0.39, 0.29) is 34.3 Å². The third kappa shape index (κ3) is 2.85. The number of thioether (sulfide) groups is 1. The lowest BCUT2D eigenvalue weighted by Gasteiger charge is -2.47. The second-order valence-corrected chi connectivity index (χ2v) is 6.75. The van der Waals surface area contributed by atoms with Crippen molar-refractivity contribution in [1.82, 2.24) is 4.90 Å². The Bertz CT molecular complexity index is 751. The molecule has 0 aliphatic carbocycles. The van der Waals surface area contributed by atoms with Crippen molar-refractivity contribution < 1.29 is 19.2 Å².